The summed E-state index contributed by atoms with van der Waals surface area (Å²) in [5, 5.41) is 10.4. The Labute approximate surface area is 229 Å². The quantitative estimate of drug-likeness (QED) is 0.216. The number of ether oxygens (including phenoxy) is 1. The summed E-state index contributed by atoms with van der Waals surface area (Å²) < 4.78 is 32.2. The van der Waals surface area contributed by atoms with E-state index in [1.807, 2.05) is 0 Å². The van der Waals surface area contributed by atoms with Gasteiger partial charge in [-0.05, 0) is 61.6 Å². The minimum Gasteiger partial charge on any atom is -0.497 e. The molecule has 0 spiro atoms. The van der Waals surface area contributed by atoms with Crippen molar-refractivity contribution in [2.24, 2.45) is 11.8 Å². The Morgan fingerprint density at radius 2 is 1.95 bits per heavy atom. The van der Waals surface area contributed by atoms with E-state index >= 15 is 0 Å². The number of carbonyl (C=O) groups excluding carboxylic acids is 1. The van der Waals surface area contributed by atoms with Crippen molar-refractivity contribution >= 4 is 46.0 Å². The maximum atomic E-state index is 13.4. The molecule has 2 aromatic carbocycles. The van der Waals surface area contributed by atoms with Crippen molar-refractivity contribution in [1.82, 2.24) is 9.88 Å². The summed E-state index contributed by atoms with van der Waals surface area (Å²) >= 11 is 7.76. The lowest BCUT2D eigenvalue weighted by Gasteiger charge is -2.38. The fourth-order valence-corrected chi connectivity index (χ4v) is 6.33. The molecule has 1 aliphatic heterocycles. The molecule has 0 saturated carbocycles. The van der Waals surface area contributed by atoms with Crippen molar-refractivity contribution < 1.29 is 28.2 Å². The average Bonchev–Trinajstić information content (AvgIpc) is 2.86. The topological polar surface area (TPSA) is 79.7 Å². The number of rotatable bonds is 11. The van der Waals surface area contributed by atoms with Crippen LogP contribution in [-0.2, 0) is 4.79 Å². The Bertz CT molecular complexity index is 1310. The lowest BCUT2D eigenvalue weighted by atomic mass is 9.79. The number of carboxylic acids is 1. The maximum absolute atomic E-state index is 13.4. The van der Waals surface area contributed by atoms with Gasteiger partial charge in [0.1, 0.15) is 17.4 Å². The molecule has 202 valence electrons. The molecule has 6 nitrogen and oxygen atoms in total. The molecular formula is C28H29ClF2N2O4S. The van der Waals surface area contributed by atoms with Crippen LogP contribution in [-0.4, -0.2) is 59.2 Å². The fourth-order valence-electron chi connectivity index (χ4n) is 5.10. The molecule has 2 atom stereocenters. The number of halogens is 3. The number of methoxy groups -OCH3 is 1. The zero-order chi connectivity index (χ0) is 27.2. The monoisotopic (exact) mass is 562 g/mol. The van der Waals surface area contributed by atoms with Crippen molar-refractivity contribution in [3.8, 4) is 5.75 Å². The second-order valence-electron chi connectivity index (χ2n) is 9.49. The highest BCUT2D eigenvalue weighted by Gasteiger charge is 2.31. The van der Waals surface area contributed by atoms with Gasteiger partial charge < -0.3 is 14.7 Å². The minimum atomic E-state index is -0.868. The van der Waals surface area contributed by atoms with Crippen LogP contribution in [0.3, 0.4) is 0 Å². The number of Topliss-reactive ketones (excluding diaryl/α,β-unsaturated/α-hetero) is 1. The molecule has 1 aromatic heterocycles. The number of aliphatic carboxylic acids is 1. The van der Waals surface area contributed by atoms with Crippen molar-refractivity contribution in [1.29, 1.82) is 0 Å². The molecule has 38 heavy (non-hydrogen) atoms. The van der Waals surface area contributed by atoms with E-state index < -0.39 is 17.6 Å². The van der Waals surface area contributed by atoms with Crippen LogP contribution in [0.5, 0.6) is 5.75 Å². The molecule has 0 radical (unpaired) electrons. The fraction of sp³-hybridized carbons (Fsp3) is 0.393. The number of piperidine rings is 1. The summed E-state index contributed by atoms with van der Waals surface area (Å²) in [7, 11) is 1.55. The third kappa shape index (κ3) is 7.21. The van der Waals surface area contributed by atoms with Crippen molar-refractivity contribution in [3.05, 3.63) is 64.8 Å². The molecule has 4 rings (SSSR count). The SMILES string of the molecule is COc1ccc2ncc(Cl)c(C(=O)CC[C@@H]3CCN(CCSc4cc(F)cc(F)c4)C[C@@H]3CC(=O)O)c2c1. The number of thioether (sulfide) groups is 1. The first-order chi connectivity index (χ1) is 18.2. The minimum absolute atomic E-state index is 0.0216. The van der Waals surface area contributed by atoms with Crippen LogP contribution in [0.1, 0.15) is 36.0 Å². The van der Waals surface area contributed by atoms with E-state index in [4.69, 9.17) is 16.3 Å². The van der Waals surface area contributed by atoms with Gasteiger partial charge >= 0.3 is 5.97 Å². The van der Waals surface area contributed by atoms with Crippen LogP contribution in [0, 0.1) is 23.5 Å². The number of aromatic nitrogens is 1. The predicted octanol–water partition coefficient (Wildman–Crippen LogP) is 6.34. The van der Waals surface area contributed by atoms with E-state index in [0.717, 1.165) is 19.0 Å². The molecule has 1 fully saturated rings. The molecule has 10 heteroatoms. The zero-order valence-electron chi connectivity index (χ0n) is 21.0. The van der Waals surface area contributed by atoms with Crippen molar-refractivity contribution in [3.63, 3.8) is 0 Å². The number of likely N-dealkylation sites (tertiary alicyclic amines) is 1. The van der Waals surface area contributed by atoms with E-state index in [9.17, 15) is 23.5 Å². The van der Waals surface area contributed by atoms with Gasteiger partial charge in [0, 0.05) is 59.8 Å². The summed E-state index contributed by atoms with van der Waals surface area (Å²) in [5.41, 5.74) is 1.06. The summed E-state index contributed by atoms with van der Waals surface area (Å²) in [5.74, 6) is -0.977. The van der Waals surface area contributed by atoms with Crippen molar-refractivity contribution in [2.45, 2.75) is 30.6 Å². The van der Waals surface area contributed by atoms with Gasteiger partial charge in [-0.1, -0.05) is 11.6 Å². The number of ketones is 1. The van der Waals surface area contributed by atoms with Gasteiger partial charge in [-0.2, -0.15) is 0 Å². The Balaban J connectivity index is 1.38. The second-order valence-corrected chi connectivity index (χ2v) is 11.1. The van der Waals surface area contributed by atoms with Gasteiger partial charge in [0.2, 0.25) is 0 Å². The smallest absolute Gasteiger partial charge is 0.303 e. The molecular weight excluding hydrogens is 534 g/mol. The summed E-state index contributed by atoms with van der Waals surface area (Å²) in [6.07, 6.45) is 3.08. The van der Waals surface area contributed by atoms with Gasteiger partial charge in [-0.25, -0.2) is 8.78 Å². The normalized spacial score (nSPS) is 18.0. The molecule has 0 aliphatic carbocycles. The van der Waals surface area contributed by atoms with E-state index in [-0.39, 0.29) is 35.5 Å². The van der Waals surface area contributed by atoms with Crippen LogP contribution in [0.2, 0.25) is 5.02 Å². The number of hydrogen-bond acceptors (Lipinski definition) is 6. The first-order valence-corrected chi connectivity index (χ1v) is 13.8. The molecule has 1 N–H and O–H groups in total. The van der Waals surface area contributed by atoms with Crippen LogP contribution in [0.15, 0.2) is 47.5 Å². The van der Waals surface area contributed by atoms with Crippen molar-refractivity contribution in [2.75, 3.05) is 32.5 Å². The number of nitrogens with zero attached hydrogens (tertiary/aromatic N) is 2. The lowest BCUT2D eigenvalue weighted by Crippen LogP contribution is -2.42. The number of benzene rings is 2. The number of fused-ring (bicyclic) bond motifs is 1. The third-order valence-corrected chi connectivity index (χ3v) is 8.22. The summed E-state index contributed by atoms with van der Waals surface area (Å²) in [4.78, 5) is 31.9. The van der Waals surface area contributed by atoms with Crippen LogP contribution < -0.4 is 4.74 Å². The van der Waals surface area contributed by atoms with E-state index in [2.05, 4.69) is 9.88 Å². The highest BCUT2D eigenvalue weighted by atomic mass is 35.5. The van der Waals surface area contributed by atoms with E-state index in [1.165, 1.54) is 30.1 Å². The zero-order valence-corrected chi connectivity index (χ0v) is 22.5. The molecule has 2 heterocycles. The van der Waals surface area contributed by atoms with Crippen LogP contribution >= 0.6 is 23.4 Å². The highest BCUT2D eigenvalue weighted by molar-refractivity contribution is 7.99. The standard InChI is InChI=1S/C28H29ClF2N2O4S/c1-37-21-3-4-25-23(14-21)28(24(29)15-32-25)26(34)5-2-17-6-7-33(16-18(17)10-27(35)36)8-9-38-22-12-19(30)11-20(31)13-22/h3-4,11-15,17-18H,2,5-10,16H2,1H3,(H,35,36)/t17-,18+/m1/s1. The van der Waals surface area contributed by atoms with E-state index in [0.29, 0.717) is 52.4 Å². The predicted molar refractivity (Wildman–Crippen MR) is 144 cm³/mol. The molecule has 0 bridgehead atoms. The first-order valence-electron chi connectivity index (χ1n) is 12.4. The molecule has 1 saturated heterocycles. The van der Waals surface area contributed by atoms with E-state index in [1.54, 1.807) is 25.3 Å². The maximum Gasteiger partial charge on any atom is 0.303 e. The Hall–Kier alpha value is -2.75. The summed E-state index contributed by atoms with van der Waals surface area (Å²) in [6.45, 7) is 2.04. The number of hydrogen-bond donors (Lipinski definition) is 1. The number of pyridine rings is 1. The summed E-state index contributed by atoms with van der Waals surface area (Å²) in [6, 6.07) is 8.76. The first kappa shape index (κ1) is 28.3. The third-order valence-electron chi connectivity index (χ3n) is 6.97. The highest BCUT2D eigenvalue weighted by Crippen LogP contribution is 2.33. The second kappa shape index (κ2) is 12.9. The van der Waals surface area contributed by atoms with Crippen LogP contribution in [0.4, 0.5) is 8.78 Å². The van der Waals surface area contributed by atoms with Gasteiger partial charge in [-0.3, -0.25) is 14.6 Å². The molecule has 0 amide bonds. The average molecular weight is 563 g/mol. The molecule has 3 aromatic rings. The Morgan fingerprint density at radius 1 is 1.18 bits per heavy atom. The van der Waals surface area contributed by atoms with Crippen LogP contribution in [0.25, 0.3) is 10.9 Å². The Kier molecular flexibility index (Phi) is 9.57. The lowest BCUT2D eigenvalue weighted by molar-refractivity contribution is -0.139. The number of carbonyl (C=O) groups is 2. The van der Waals surface area contributed by atoms with Gasteiger partial charge in [0.15, 0.2) is 5.78 Å². The molecule has 1 aliphatic rings. The van der Waals surface area contributed by atoms with Gasteiger partial charge in [0.05, 0.1) is 17.6 Å². The van der Waals surface area contributed by atoms with Gasteiger partial charge in [0.25, 0.3) is 0 Å². The van der Waals surface area contributed by atoms with Gasteiger partial charge in [-0.15, -0.1) is 11.8 Å². The largest absolute Gasteiger partial charge is 0.497 e. The Morgan fingerprint density at radius 3 is 2.66 bits per heavy atom. The number of carboxylic acid groups (broad SMARTS) is 1. The molecule has 0 unspecified atom stereocenters.